The van der Waals surface area contributed by atoms with Gasteiger partial charge in [0.15, 0.2) is 0 Å². The summed E-state index contributed by atoms with van der Waals surface area (Å²) in [7, 11) is 1.45. The standard InChI is InChI=1S/C18H31NO3.C2H6/c1-6-8-16(22-7-2)10-9-15-11-14(12-19-15)17(13(3)4)18(20)21-5;1-2/h11,13,16-17H,6-10,12H2,1-5H3;1-2H3. The normalized spacial score (nSPS) is 16.0. The predicted molar refractivity (Wildman–Crippen MR) is 102 cm³/mol. The van der Waals surface area contributed by atoms with Crippen molar-refractivity contribution in [3.8, 4) is 0 Å². The highest BCUT2D eigenvalue weighted by atomic mass is 16.5. The van der Waals surface area contributed by atoms with Gasteiger partial charge in [0.25, 0.3) is 0 Å². The second kappa shape index (κ2) is 13.2. The third-order valence-electron chi connectivity index (χ3n) is 4.07. The van der Waals surface area contributed by atoms with Gasteiger partial charge in [-0.25, -0.2) is 0 Å². The quantitative estimate of drug-likeness (QED) is 0.536. The zero-order valence-corrected chi connectivity index (χ0v) is 16.7. The summed E-state index contributed by atoms with van der Waals surface area (Å²) in [5, 5.41) is 0. The van der Waals surface area contributed by atoms with Gasteiger partial charge in [-0.2, -0.15) is 0 Å². The molecule has 140 valence electrons. The van der Waals surface area contributed by atoms with Crippen LogP contribution in [0.5, 0.6) is 0 Å². The minimum absolute atomic E-state index is 0.157. The van der Waals surface area contributed by atoms with Gasteiger partial charge in [0.05, 0.1) is 25.7 Å². The fraction of sp³-hybridized carbons (Fsp3) is 0.800. The molecule has 0 fully saturated rings. The molecular formula is C20H37NO3. The van der Waals surface area contributed by atoms with E-state index in [2.05, 4.69) is 18.0 Å². The summed E-state index contributed by atoms with van der Waals surface area (Å²) in [5.41, 5.74) is 2.17. The van der Waals surface area contributed by atoms with Gasteiger partial charge in [0.1, 0.15) is 0 Å². The van der Waals surface area contributed by atoms with Gasteiger partial charge in [0.2, 0.25) is 0 Å². The molecule has 4 nitrogen and oxygen atoms in total. The molecule has 24 heavy (non-hydrogen) atoms. The first kappa shape index (κ1) is 22.8. The highest BCUT2D eigenvalue weighted by Crippen LogP contribution is 2.26. The van der Waals surface area contributed by atoms with E-state index in [-0.39, 0.29) is 17.8 Å². The third-order valence-corrected chi connectivity index (χ3v) is 4.07. The molecule has 1 rings (SSSR count). The van der Waals surface area contributed by atoms with Crippen LogP contribution in [0.15, 0.2) is 16.6 Å². The van der Waals surface area contributed by atoms with Crippen LogP contribution in [0.25, 0.3) is 0 Å². The van der Waals surface area contributed by atoms with Crippen LogP contribution in [-0.2, 0) is 14.3 Å². The number of allylic oxidation sites excluding steroid dienone is 1. The number of nitrogens with zero attached hydrogens (tertiary/aromatic N) is 1. The van der Waals surface area contributed by atoms with Crippen LogP contribution in [-0.4, -0.2) is 38.0 Å². The fourth-order valence-electron chi connectivity index (χ4n) is 2.99. The SMILES string of the molecule is CC.CCCC(CCC1=NCC(C(C(=O)OC)C(C)C)=C1)OCC. The number of hydrogen-bond acceptors (Lipinski definition) is 4. The molecule has 4 heteroatoms. The number of methoxy groups -OCH3 is 1. The Balaban J connectivity index is 0.00000254. The molecule has 0 aliphatic carbocycles. The third kappa shape index (κ3) is 7.61. The largest absolute Gasteiger partial charge is 0.469 e. The Morgan fingerprint density at radius 2 is 1.92 bits per heavy atom. The summed E-state index contributed by atoms with van der Waals surface area (Å²) < 4.78 is 10.7. The average Bonchev–Trinajstić information content (AvgIpc) is 3.03. The molecule has 0 saturated heterocycles. The molecule has 1 aliphatic heterocycles. The van der Waals surface area contributed by atoms with E-state index in [9.17, 15) is 4.79 Å². The molecule has 0 amide bonds. The molecule has 0 saturated carbocycles. The van der Waals surface area contributed by atoms with Crippen LogP contribution < -0.4 is 0 Å². The van der Waals surface area contributed by atoms with Crippen molar-refractivity contribution in [2.24, 2.45) is 16.8 Å². The number of ether oxygens (including phenoxy) is 2. The zero-order chi connectivity index (χ0) is 18.5. The molecule has 0 aromatic rings. The Labute approximate surface area is 148 Å². The van der Waals surface area contributed by atoms with Crippen LogP contribution in [0.2, 0.25) is 0 Å². The Kier molecular flexibility index (Phi) is 12.5. The average molecular weight is 340 g/mol. The van der Waals surface area contributed by atoms with Crippen molar-refractivity contribution in [3.63, 3.8) is 0 Å². The van der Waals surface area contributed by atoms with Gasteiger partial charge < -0.3 is 9.47 Å². The van der Waals surface area contributed by atoms with Gasteiger partial charge in [-0.05, 0) is 43.8 Å². The Morgan fingerprint density at radius 1 is 1.25 bits per heavy atom. The summed E-state index contributed by atoms with van der Waals surface area (Å²) in [4.78, 5) is 16.5. The smallest absolute Gasteiger partial charge is 0.313 e. The summed E-state index contributed by atoms with van der Waals surface area (Å²) in [5.74, 6) is -0.107. The van der Waals surface area contributed by atoms with E-state index in [1.54, 1.807) is 0 Å². The number of aliphatic imine (C=N–C) groups is 1. The second-order valence-electron chi connectivity index (χ2n) is 6.18. The molecule has 1 heterocycles. The summed E-state index contributed by atoms with van der Waals surface area (Å²) in [6.07, 6.45) is 6.55. The van der Waals surface area contributed by atoms with Crippen LogP contribution in [0.1, 0.15) is 67.2 Å². The van der Waals surface area contributed by atoms with Crippen LogP contribution in [0, 0.1) is 11.8 Å². The van der Waals surface area contributed by atoms with Crippen molar-refractivity contribution in [2.75, 3.05) is 20.3 Å². The van der Waals surface area contributed by atoms with Crippen LogP contribution in [0.3, 0.4) is 0 Å². The van der Waals surface area contributed by atoms with Crippen molar-refractivity contribution >= 4 is 11.7 Å². The Morgan fingerprint density at radius 3 is 2.42 bits per heavy atom. The highest BCUT2D eigenvalue weighted by Gasteiger charge is 2.29. The van der Waals surface area contributed by atoms with Crippen molar-refractivity contribution in [2.45, 2.75) is 73.3 Å². The number of carbonyl (C=O) groups is 1. The lowest BCUT2D eigenvalue weighted by atomic mass is 9.88. The fourth-order valence-corrected chi connectivity index (χ4v) is 2.99. The van der Waals surface area contributed by atoms with Crippen molar-refractivity contribution in [1.29, 1.82) is 0 Å². The minimum Gasteiger partial charge on any atom is -0.469 e. The number of esters is 1. The zero-order valence-electron chi connectivity index (χ0n) is 16.7. The summed E-state index contributed by atoms with van der Waals surface area (Å²) >= 11 is 0. The first-order chi connectivity index (χ1) is 11.5. The van der Waals surface area contributed by atoms with Crippen LogP contribution in [0.4, 0.5) is 0 Å². The van der Waals surface area contributed by atoms with Gasteiger partial charge in [-0.1, -0.05) is 41.0 Å². The Hall–Kier alpha value is -1.16. The molecule has 0 aromatic heterocycles. The number of hydrogen-bond donors (Lipinski definition) is 0. The molecular weight excluding hydrogens is 302 g/mol. The molecule has 0 N–H and O–H groups in total. The monoisotopic (exact) mass is 339 g/mol. The van der Waals surface area contributed by atoms with Crippen molar-refractivity contribution in [3.05, 3.63) is 11.6 Å². The maximum atomic E-state index is 11.9. The maximum Gasteiger partial charge on any atom is 0.313 e. The van der Waals surface area contributed by atoms with Crippen molar-refractivity contribution < 1.29 is 14.3 Å². The maximum absolute atomic E-state index is 11.9. The lowest BCUT2D eigenvalue weighted by molar-refractivity contribution is -0.145. The Bertz CT molecular complexity index is 407. The van der Waals surface area contributed by atoms with Crippen LogP contribution >= 0.6 is 0 Å². The van der Waals surface area contributed by atoms with E-state index < -0.39 is 0 Å². The van der Waals surface area contributed by atoms with Crippen molar-refractivity contribution in [1.82, 2.24) is 0 Å². The second-order valence-corrected chi connectivity index (χ2v) is 6.18. The summed E-state index contributed by atoms with van der Waals surface area (Å²) in [6.45, 7) is 13.7. The number of rotatable bonds is 10. The van der Waals surface area contributed by atoms with E-state index in [1.165, 1.54) is 7.11 Å². The molecule has 0 bridgehead atoms. The molecule has 1 aliphatic rings. The first-order valence-corrected chi connectivity index (χ1v) is 9.46. The van der Waals surface area contributed by atoms with Gasteiger partial charge in [-0.15, -0.1) is 0 Å². The topological polar surface area (TPSA) is 47.9 Å². The van der Waals surface area contributed by atoms with E-state index >= 15 is 0 Å². The minimum atomic E-state index is -0.176. The number of carbonyl (C=O) groups excluding carboxylic acids is 1. The van der Waals surface area contributed by atoms with E-state index in [0.29, 0.717) is 12.6 Å². The predicted octanol–water partition coefficient (Wildman–Crippen LogP) is 4.82. The molecule has 0 radical (unpaired) electrons. The molecule has 0 spiro atoms. The van der Waals surface area contributed by atoms with Gasteiger partial charge in [0, 0.05) is 12.3 Å². The summed E-state index contributed by atoms with van der Waals surface area (Å²) in [6, 6.07) is 0. The molecule has 2 unspecified atom stereocenters. The highest BCUT2D eigenvalue weighted by molar-refractivity contribution is 5.98. The lowest BCUT2D eigenvalue weighted by Gasteiger charge is -2.19. The lowest BCUT2D eigenvalue weighted by Crippen LogP contribution is -2.24. The molecule has 2 atom stereocenters. The van der Waals surface area contributed by atoms with Gasteiger partial charge >= 0.3 is 5.97 Å². The molecule has 0 aromatic carbocycles. The van der Waals surface area contributed by atoms with Gasteiger partial charge in [-0.3, -0.25) is 9.79 Å². The van der Waals surface area contributed by atoms with E-state index in [0.717, 1.165) is 43.6 Å². The first-order valence-electron chi connectivity index (χ1n) is 9.46. The van der Waals surface area contributed by atoms with E-state index in [4.69, 9.17) is 9.47 Å². The van der Waals surface area contributed by atoms with E-state index in [1.807, 2.05) is 34.6 Å².